The number of nitrogens with one attached hydrogen (secondary N) is 1. The molecule has 2 saturated heterocycles. The third-order valence-electron chi connectivity index (χ3n) is 5.43. The molecular formula is C21H28N6O2. The molecule has 29 heavy (non-hydrogen) atoms. The maximum Gasteiger partial charge on any atom is 0.270 e. The van der Waals surface area contributed by atoms with Crippen LogP contribution in [0.3, 0.4) is 0 Å². The predicted octanol–water partition coefficient (Wildman–Crippen LogP) is 0.865. The van der Waals surface area contributed by atoms with Gasteiger partial charge in [-0.2, -0.15) is 0 Å². The number of amides is 1. The quantitative estimate of drug-likeness (QED) is 0.777. The zero-order valence-electron chi connectivity index (χ0n) is 16.7. The van der Waals surface area contributed by atoms with Gasteiger partial charge in [-0.3, -0.25) is 9.69 Å². The summed E-state index contributed by atoms with van der Waals surface area (Å²) >= 11 is 0. The smallest absolute Gasteiger partial charge is 0.270 e. The highest BCUT2D eigenvalue weighted by atomic mass is 16.5. The van der Waals surface area contributed by atoms with E-state index >= 15 is 0 Å². The van der Waals surface area contributed by atoms with Crippen LogP contribution in [0.25, 0.3) is 0 Å². The number of piperazine rings is 1. The maximum absolute atomic E-state index is 12.5. The number of nitrogens with zero attached hydrogens (tertiary/aromatic N) is 5. The average Bonchev–Trinajstić information content (AvgIpc) is 2.80. The first-order chi connectivity index (χ1) is 14.3. The molecule has 0 radical (unpaired) electrons. The van der Waals surface area contributed by atoms with Crippen molar-refractivity contribution in [3.05, 3.63) is 48.4 Å². The van der Waals surface area contributed by atoms with Crippen molar-refractivity contribution in [2.45, 2.75) is 0 Å². The van der Waals surface area contributed by atoms with Crippen LogP contribution in [0.4, 0.5) is 11.5 Å². The summed E-state index contributed by atoms with van der Waals surface area (Å²) in [6.07, 6.45) is 1.48. The van der Waals surface area contributed by atoms with Gasteiger partial charge in [0.15, 0.2) is 0 Å². The first kappa shape index (κ1) is 19.6. The van der Waals surface area contributed by atoms with E-state index in [0.717, 1.165) is 64.8 Å². The van der Waals surface area contributed by atoms with E-state index in [2.05, 4.69) is 54.2 Å². The third kappa shape index (κ3) is 5.21. The van der Waals surface area contributed by atoms with E-state index < -0.39 is 0 Å². The Kier molecular flexibility index (Phi) is 6.53. The molecule has 8 heteroatoms. The molecule has 1 N–H and O–H groups in total. The summed E-state index contributed by atoms with van der Waals surface area (Å²) < 4.78 is 5.35. The van der Waals surface area contributed by atoms with Crippen molar-refractivity contribution < 1.29 is 9.53 Å². The number of anilines is 2. The lowest BCUT2D eigenvalue weighted by Crippen LogP contribution is -2.47. The number of carbonyl (C=O) groups excluding carboxylic acids is 1. The summed E-state index contributed by atoms with van der Waals surface area (Å²) in [6, 6.07) is 12.2. The maximum atomic E-state index is 12.5. The van der Waals surface area contributed by atoms with E-state index in [1.165, 1.54) is 12.0 Å². The second-order valence-electron chi connectivity index (χ2n) is 7.28. The number of aromatic nitrogens is 2. The topological polar surface area (TPSA) is 73.8 Å². The minimum atomic E-state index is -0.148. The van der Waals surface area contributed by atoms with Crippen molar-refractivity contribution in [3.63, 3.8) is 0 Å². The van der Waals surface area contributed by atoms with Crippen molar-refractivity contribution in [2.24, 2.45) is 0 Å². The minimum absolute atomic E-state index is 0.148. The lowest BCUT2D eigenvalue weighted by molar-refractivity contribution is 0.0383. The molecular weight excluding hydrogens is 368 g/mol. The summed E-state index contributed by atoms with van der Waals surface area (Å²) in [4.78, 5) is 27.9. The van der Waals surface area contributed by atoms with Gasteiger partial charge in [-0.25, -0.2) is 9.97 Å². The summed E-state index contributed by atoms with van der Waals surface area (Å²) in [5.74, 6) is 0.663. The number of carbonyl (C=O) groups is 1. The van der Waals surface area contributed by atoms with E-state index in [0.29, 0.717) is 12.2 Å². The van der Waals surface area contributed by atoms with E-state index in [1.807, 2.05) is 6.07 Å². The van der Waals surface area contributed by atoms with Crippen LogP contribution in [0.5, 0.6) is 0 Å². The molecule has 0 atom stereocenters. The van der Waals surface area contributed by atoms with Gasteiger partial charge < -0.3 is 19.9 Å². The van der Waals surface area contributed by atoms with Gasteiger partial charge in [0.2, 0.25) is 0 Å². The van der Waals surface area contributed by atoms with Crippen LogP contribution in [0.15, 0.2) is 42.7 Å². The van der Waals surface area contributed by atoms with Gasteiger partial charge in [0.05, 0.1) is 13.2 Å². The molecule has 1 aromatic carbocycles. The SMILES string of the molecule is O=C(NCCN1CCOCC1)c1cc(N2CCN(c3ccccc3)CC2)ncn1. The Morgan fingerprint density at radius 1 is 0.966 bits per heavy atom. The first-order valence-electron chi connectivity index (χ1n) is 10.2. The molecule has 2 aliphatic rings. The van der Waals surface area contributed by atoms with Crippen molar-refractivity contribution >= 4 is 17.4 Å². The monoisotopic (exact) mass is 396 g/mol. The highest BCUT2D eigenvalue weighted by Crippen LogP contribution is 2.19. The molecule has 0 unspecified atom stereocenters. The fourth-order valence-corrected chi connectivity index (χ4v) is 3.72. The van der Waals surface area contributed by atoms with Crippen molar-refractivity contribution in [3.8, 4) is 0 Å². The number of benzene rings is 1. The normalized spacial score (nSPS) is 17.9. The van der Waals surface area contributed by atoms with Crippen LogP contribution in [0.1, 0.15) is 10.5 Å². The molecule has 0 bridgehead atoms. The van der Waals surface area contributed by atoms with Gasteiger partial charge in [0.1, 0.15) is 17.8 Å². The molecule has 154 valence electrons. The van der Waals surface area contributed by atoms with Gasteiger partial charge in [0, 0.05) is 64.1 Å². The number of ether oxygens (including phenoxy) is 1. The van der Waals surface area contributed by atoms with Crippen molar-refractivity contribution in [2.75, 3.05) is 75.4 Å². The van der Waals surface area contributed by atoms with Gasteiger partial charge >= 0.3 is 0 Å². The zero-order chi connectivity index (χ0) is 19.9. The minimum Gasteiger partial charge on any atom is -0.379 e. The Bertz CT molecular complexity index is 789. The van der Waals surface area contributed by atoms with Gasteiger partial charge in [-0.05, 0) is 12.1 Å². The Morgan fingerprint density at radius 3 is 2.45 bits per heavy atom. The number of hydrogen-bond donors (Lipinski definition) is 1. The van der Waals surface area contributed by atoms with Crippen molar-refractivity contribution in [1.82, 2.24) is 20.2 Å². The summed E-state index contributed by atoms with van der Waals surface area (Å²) in [5, 5.41) is 2.97. The van der Waals surface area contributed by atoms with Crippen molar-refractivity contribution in [1.29, 1.82) is 0 Å². The molecule has 2 aliphatic heterocycles. The molecule has 0 spiro atoms. The molecule has 4 rings (SSSR count). The fraction of sp³-hybridized carbons (Fsp3) is 0.476. The first-order valence-corrected chi connectivity index (χ1v) is 10.2. The summed E-state index contributed by atoms with van der Waals surface area (Å²) in [7, 11) is 0. The number of rotatable bonds is 6. The Balaban J connectivity index is 1.28. The second-order valence-corrected chi connectivity index (χ2v) is 7.28. The lowest BCUT2D eigenvalue weighted by atomic mass is 10.2. The number of para-hydroxylation sites is 1. The van der Waals surface area contributed by atoms with Gasteiger partial charge in [-0.15, -0.1) is 0 Å². The van der Waals surface area contributed by atoms with E-state index in [-0.39, 0.29) is 5.91 Å². The Labute approximate surface area is 171 Å². The molecule has 8 nitrogen and oxygen atoms in total. The molecule has 2 fully saturated rings. The number of hydrogen-bond acceptors (Lipinski definition) is 7. The van der Waals surface area contributed by atoms with Crippen LogP contribution >= 0.6 is 0 Å². The second kappa shape index (κ2) is 9.67. The Hall–Kier alpha value is -2.71. The van der Waals surface area contributed by atoms with E-state index in [4.69, 9.17) is 4.74 Å². The molecule has 0 aliphatic carbocycles. The van der Waals surface area contributed by atoms with Crippen LogP contribution < -0.4 is 15.1 Å². The highest BCUT2D eigenvalue weighted by molar-refractivity contribution is 5.92. The summed E-state index contributed by atoms with van der Waals surface area (Å²) in [5.41, 5.74) is 1.66. The van der Waals surface area contributed by atoms with Crippen LogP contribution in [0.2, 0.25) is 0 Å². The molecule has 1 amide bonds. The zero-order valence-corrected chi connectivity index (χ0v) is 16.7. The highest BCUT2D eigenvalue weighted by Gasteiger charge is 2.20. The fourth-order valence-electron chi connectivity index (χ4n) is 3.72. The van der Waals surface area contributed by atoms with Crippen LogP contribution in [-0.4, -0.2) is 86.3 Å². The Morgan fingerprint density at radius 2 is 1.69 bits per heavy atom. The molecule has 2 aromatic rings. The van der Waals surface area contributed by atoms with Crippen LogP contribution in [0, 0.1) is 0 Å². The average molecular weight is 396 g/mol. The van der Waals surface area contributed by atoms with E-state index in [1.54, 1.807) is 6.07 Å². The number of morpholine rings is 1. The summed E-state index contributed by atoms with van der Waals surface area (Å²) in [6.45, 7) is 8.38. The molecule has 0 saturated carbocycles. The van der Waals surface area contributed by atoms with Gasteiger partial charge in [-0.1, -0.05) is 18.2 Å². The van der Waals surface area contributed by atoms with E-state index in [9.17, 15) is 4.79 Å². The van der Waals surface area contributed by atoms with Crippen LogP contribution in [-0.2, 0) is 4.74 Å². The third-order valence-corrected chi connectivity index (χ3v) is 5.43. The predicted molar refractivity (Wildman–Crippen MR) is 112 cm³/mol. The molecule has 1 aromatic heterocycles. The standard InChI is InChI=1S/C21H28N6O2/c28-21(22-6-7-25-12-14-29-15-13-25)19-16-20(24-17-23-19)27-10-8-26(9-11-27)18-4-2-1-3-5-18/h1-5,16-17H,6-15H2,(H,22,28). The lowest BCUT2D eigenvalue weighted by Gasteiger charge is -2.36. The molecule has 3 heterocycles. The van der Waals surface area contributed by atoms with Gasteiger partial charge in [0.25, 0.3) is 5.91 Å². The largest absolute Gasteiger partial charge is 0.379 e.